The van der Waals surface area contributed by atoms with Crippen molar-refractivity contribution < 1.29 is 33.7 Å². The highest BCUT2D eigenvalue weighted by Crippen LogP contribution is 2.57. The molecule has 1 aromatic heterocycles. The third-order valence-corrected chi connectivity index (χ3v) is 9.55. The first-order chi connectivity index (χ1) is 19.7. The molecule has 2 fully saturated rings. The summed E-state index contributed by atoms with van der Waals surface area (Å²) in [6.07, 6.45) is 7.26. The molecule has 41 heavy (non-hydrogen) atoms. The van der Waals surface area contributed by atoms with Gasteiger partial charge in [-0.2, -0.15) is 0 Å². The van der Waals surface area contributed by atoms with Crippen molar-refractivity contribution in [2.75, 3.05) is 27.3 Å². The Kier molecular flexibility index (Phi) is 8.59. The van der Waals surface area contributed by atoms with Gasteiger partial charge in [0, 0.05) is 37.4 Å². The third-order valence-electron chi connectivity index (χ3n) is 8.79. The van der Waals surface area contributed by atoms with Crippen molar-refractivity contribution in [3.05, 3.63) is 34.8 Å². The lowest BCUT2D eigenvalue weighted by Gasteiger charge is -2.25. The first kappa shape index (κ1) is 29.4. The maximum Gasteiger partial charge on any atom is 0.310 e. The van der Waals surface area contributed by atoms with Gasteiger partial charge in [0.05, 0.1) is 35.0 Å². The van der Waals surface area contributed by atoms with Crippen molar-refractivity contribution in [3.8, 4) is 17.4 Å². The van der Waals surface area contributed by atoms with Gasteiger partial charge in [-0.1, -0.05) is 12.2 Å². The van der Waals surface area contributed by atoms with Crippen molar-refractivity contribution in [2.24, 2.45) is 23.2 Å². The molecule has 0 spiro atoms. The lowest BCUT2D eigenvalue weighted by Crippen LogP contribution is -2.38. The minimum Gasteiger partial charge on any atom is -0.495 e. The van der Waals surface area contributed by atoms with E-state index in [0.717, 1.165) is 24.6 Å². The van der Waals surface area contributed by atoms with Crippen LogP contribution in [0.15, 0.2) is 34.8 Å². The number of aliphatic carboxylic acids is 1. The Balaban J connectivity index is 1.46. The zero-order valence-corrected chi connectivity index (χ0v) is 25.3. The highest BCUT2D eigenvalue weighted by Gasteiger charge is 2.61. The maximum absolute atomic E-state index is 13.8. The molecule has 9 nitrogen and oxygen atoms in total. The third kappa shape index (κ3) is 5.80. The van der Waals surface area contributed by atoms with Crippen LogP contribution >= 0.6 is 15.9 Å². The SMILES string of the molecule is CCOc1cc(O[C@@H]2C[C@H]3C(=O)C[C@]4(C(=O)O)C[C@@H]4/C=C\CCCCN(C)C(=O)[C@@H]3C2)c2ccc(OC)c(Br)c2n1. The molecule has 5 atom stereocenters. The van der Waals surface area contributed by atoms with Crippen LogP contribution < -0.4 is 14.2 Å². The molecule has 1 N–H and O–H groups in total. The van der Waals surface area contributed by atoms with Crippen molar-refractivity contribution >= 4 is 44.5 Å². The predicted molar refractivity (Wildman–Crippen MR) is 156 cm³/mol. The summed E-state index contributed by atoms with van der Waals surface area (Å²) < 4.78 is 18.4. The van der Waals surface area contributed by atoms with Crippen molar-refractivity contribution in [2.45, 2.75) is 58.0 Å². The molecule has 2 aliphatic carbocycles. The Labute approximate surface area is 248 Å². The van der Waals surface area contributed by atoms with Crippen LogP contribution in [0.3, 0.4) is 0 Å². The number of Topliss-reactive ketones (excluding diaryl/α,β-unsaturated/α-hetero) is 1. The van der Waals surface area contributed by atoms with Gasteiger partial charge in [-0.15, -0.1) is 0 Å². The average Bonchev–Trinajstić information content (AvgIpc) is 3.48. The van der Waals surface area contributed by atoms with Crippen molar-refractivity contribution in [1.29, 1.82) is 0 Å². The van der Waals surface area contributed by atoms with Crippen LogP contribution in [0.2, 0.25) is 0 Å². The van der Waals surface area contributed by atoms with Gasteiger partial charge in [-0.25, -0.2) is 4.98 Å². The summed E-state index contributed by atoms with van der Waals surface area (Å²) in [7, 11) is 3.36. The van der Waals surface area contributed by atoms with Gasteiger partial charge in [-0.05, 0) is 79.4 Å². The Morgan fingerprint density at radius 3 is 2.71 bits per heavy atom. The lowest BCUT2D eigenvalue weighted by molar-refractivity contribution is -0.147. The number of aromatic nitrogens is 1. The van der Waals surface area contributed by atoms with Crippen LogP contribution in [-0.2, 0) is 14.4 Å². The van der Waals surface area contributed by atoms with E-state index in [0.29, 0.717) is 59.8 Å². The Morgan fingerprint density at radius 1 is 1.20 bits per heavy atom. The summed E-state index contributed by atoms with van der Waals surface area (Å²) in [6, 6.07) is 5.42. The molecule has 220 valence electrons. The summed E-state index contributed by atoms with van der Waals surface area (Å²) in [5, 5.41) is 10.8. The topological polar surface area (TPSA) is 115 Å². The molecule has 2 heterocycles. The average molecular weight is 630 g/mol. The van der Waals surface area contributed by atoms with Crippen LogP contribution in [0.1, 0.15) is 51.9 Å². The second-order valence-corrected chi connectivity index (χ2v) is 12.2. The first-order valence-corrected chi connectivity index (χ1v) is 15.1. The standard InChI is InChI=1S/C31H37BrN2O7/c1-4-40-26-15-25(20-10-11-24(39-3)27(32)28(20)33-26)41-19-13-21-22(14-19)29(36)34(2)12-8-6-5-7-9-18-16-31(18,30(37)38)17-23(21)35/h7,9-11,15,18-19,21-22H,4-6,8,12-14,16-17H2,1-3H3,(H,37,38)/b9-7-/t18-,19+,21+,22+,31+/m0/s1. The smallest absolute Gasteiger partial charge is 0.310 e. The summed E-state index contributed by atoms with van der Waals surface area (Å²) in [4.78, 5) is 46.0. The zero-order valence-electron chi connectivity index (χ0n) is 23.7. The Hall–Kier alpha value is -3.14. The number of carbonyl (C=O) groups is 3. The molecule has 3 aliphatic rings. The molecule has 0 saturated heterocycles. The van der Waals surface area contributed by atoms with Crippen LogP contribution in [-0.4, -0.2) is 66.1 Å². The minimum absolute atomic E-state index is 0.0678. The molecule has 1 aliphatic heterocycles. The Bertz CT molecular complexity index is 1380. The molecule has 2 saturated carbocycles. The van der Waals surface area contributed by atoms with Crippen LogP contribution in [0.25, 0.3) is 10.9 Å². The zero-order chi connectivity index (χ0) is 29.3. The molecule has 10 heteroatoms. The molecule has 0 unspecified atom stereocenters. The van der Waals surface area contributed by atoms with E-state index in [2.05, 4.69) is 20.9 Å². The van der Waals surface area contributed by atoms with Crippen LogP contribution in [0.4, 0.5) is 0 Å². The van der Waals surface area contributed by atoms with Gasteiger partial charge < -0.3 is 24.2 Å². The Morgan fingerprint density at radius 2 is 1.98 bits per heavy atom. The van der Waals surface area contributed by atoms with Gasteiger partial charge in [0.15, 0.2) is 0 Å². The molecule has 0 bridgehead atoms. The molecular formula is C31H37BrN2O7. The fourth-order valence-corrected chi connectivity index (χ4v) is 6.97. The number of pyridine rings is 1. The largest absolute Gasteiger partial charge is 0.495 e. The number of carboxylic acids is 1. The van der Waals surface area contributed by atoms with E-state index < -0.39 is 29.3 Å². The summed E-state index contributed by atoms with van der Waals surface area (Å²) in [5.41, 5.74) is -0.458. The van der Waals surface area contributed by atoms with Gasteiger partial charge in [0.25, 0.3) is 0 Å². The normalized spacial score (nSPS) is 29.3. The first-order valence-electron chi connectivity index (χ1n) is 14.3. The molecule has 1 aromatic carbocycles. The van der Waals surface area contributed by atoms with Crippen molar-refractivity contribution in [1.82, 2.24) is 9.88 Å². The van der Waals surface area contributed by atoms with Gasteiger partial charge in [0.1, 0.15) is 23.4 Å². The number of amides is 1. The number of ketones is 1. The monoisotopic (exact) mass is 628 g/mol. The van der Waals surface area contributed by atoms with E-state index in [1.54, 1.807) is 25.1 Å². The predicted octanol–water partition coefficient (Wildman–Crippen LogP) is 5.43. The van der Waals surface area contributed by atoms with E-state index in [-0.39, 0.29) is 24.0 Å². The van der Waals surface area contributed by atoms with E-state index in [1.807, 2.05) is 31.2 Å². The molecule has 5 rings (SSSR count). The number of halogens is 1. The minimum atomic E-state index is -1.07. The van der Waals surface area contributed by atoms with E-state index in [9.17, 15) is 19.5 Å². The molecular weight excluding hydrogens is 592 g/mol. The number of allylic oxidation sites excluding steroid dienone is 2. The number of hydrogen-bond acceptors (Lipinski definition) is 7. The number of hydrogen-bond donors (Lipinski definition) is 1. The van der Waals surface area contributed by atoms with Crippen molar-refractivity contribution in [3.63, 3.8) is 0 Å². The molecule has 2 aromatic rings. The number of nitrogens with zero attached hydrogens (tertiary/aromatic N) is 2. The summed E-state index contributed by atoms with van der Waals surface area (Å²) in [6.45, 7) is 2.91. The summed E-state index contributed by atoms with van der Waals surface area (Å²) in [5.74, 6) is -0.950. The fourth-order valence-electron chi connectivity index (χ4n) is 6.38. The van der Waals surface area contributed by atoms with Crippen LogP contribution in [0, 0.1) is 23.2 Å². The molecule has 0 radical (unpaired) electrons. The summed E-state index contributed by atoms with van der Waals surface area (Å²) >= 11 is 3.58. The number of benzene rings is 1. The molecule has 1 amide bonds. The quantitative estimate of drug-likeness (QED) is 0.421. The van der Waals surface area contributed by atoms with Gasteiger partial charge >= 0.3 is 5.97 Å². The number of carbonyl (C=O) groups excluding carboxylic acids is 2. The van der Waals surface area contributed by atoms with Gasteiger partial charge in [0.2, 0.25) is 11.8 Å². The van der Waals surface area contributed by atoms with E-state index in [1.165, 1.54) is 0 Å². The maximum atomic E-state index is 13.8. The number of carboxylic acid groups (broad SMARTS) is 1. The fraction of sp³-hybridized carbons (Fsp3) is 0.548. The van der Waals surface area contributed by atoms with Crippen LogP contribution in [0.5, 0.6) is 17.4 Å². The number of rotatable bonds is 6. The van der Waals surface area contributed by atoms with Gasteiger partial charge in [-0.3, -0.25) is 14.4 Å². The number of fused-ring (bicyclic) bond motifs is 3. The van der Waals surface area contributed by atoms with E-state index in [4.69, 9.17) is 14.2 Å². The second kappa shape index (κ2) is 12.0. The number of ether oxygens (including phenoxy) is 3. The van der Waals surface area contributed by atoms with E-state index >= 15 is 0 Å². The highest BCUT2D eigenvalue weighted by atomic mass is 79.9. The number of methoxy groups -OCH3 is 1. The second-order valence-electron chi connectivity index (χ2n) is 11.4. The highest BCUT2D eigenvalue weighted by molar-refractivity contribution is 9.10. The lowest BCUT2D eigenvalue weighted by atomic mass is 9.84.